The molecule has 4 saturated heterocycles. The van der Waals surface area contributed by atoms with Crippen LogP contribution >= 0.6 is 0 Å². The normalized spacial score (nSPS) is 20.7. The van der Waals surface area contributed by atoms with E-state index in [1.165, 1.54) is 203 Å². The molecule has 8 heterocycles. The topological polar surface area (TPSA) is 28.5 Å². The standard InChI is InChI=1S/C66H98N8/c1-55-25-17-48-74(55)63-33-21-47-73(54-63)43-16-8-12-29-59-50-57(27-10-6-14-41-71-45-19-31-61(52-71)65-35-23-38-68(65)3)56(26-9-5-13-40-70-44-18-30-60(51-70)64-34-22-37-67(64)2)49-58(59)28-11-7-15-42-72-46-20-32-62(53-72)66-36-24-39-69(66)4/h18-21,30-33,44-47,49-55,64-66H,5-17,22-29,34-43,48H2,1-4H3/q+4. The van der Waals surface area contributed by atoms with Crippen molar-refractivity contribution in [3.63, 3.8) is 0 Å². The summed E-state index contributed by atoms with van der Waals surface area (Å²) in [6, 6.07) is 26.3. The third kappa shape index (κ3) is 15.3. The molecular formula is C66H98N8+4. The van der Waals surface area contributed by atoms with E-state index in [1.54, 1.807) is 22.3 Å². The van der Waals surface area contributed by atoms with E-state index in [1.807, 2.05) is 0 Å². The summed E-state index contributed by atoms with van der Waals surface area (Å²) in [7, 11) is 6.88. The van der Waals surface area contributed by atoms with Gasteiger partial charge in [0.2, 0.25) is 0 Å². The molecule has 1 aromatic carbocycles. The largest absolute Gasteiger partial charge is 0.364 e. The molecule has 0 aliphatic carbocycles. The Labute approximate surface area is 449 Å². The smallest absolute Gasteiger partial charge is 0.192 e. The first-order valence-electron chi connectivity index (χ1n) is 30.3. The first-order valence-corrected chi connectivity index (χ1v) is 30.3. The molecule has 4 unspecified atom stereocenters. The maximum Gasteiger partial charge on any atom is 0.192 e. The van der Waals surface area contributed by atoms with Crippen molar-refractivity contribution >= 4 is 5.69 Å². The molecule has 8 nitrogen and oxygen atoms in total. The van der Waals surface area contributed by atoms with E-state index >= 15 is 0 Å². The Morgan fingerprint density at radius 1 is 0.392 bits per heavy atom. The minimum atomic E-state index is 0.581. The van der Waals surface area contributed by atoms with Crippen LogP contribution in [0.2, 0.25) is 0 Å². The number of rotatable bonds is 28. The zero-order valence-corrected chi connectivity index (χ0v) is 46.9. The summed E-state index contributed by atoms with van der Waals surface area (Å²) < 4.78 is 9.86. The molecule has 4 aliphatic heterocycles. The summed E-state index contributed by atoms with van der Waals surface area (Å²) in [6.45, 7) is 11.7. The summed E-state index contributed by atoms with van der Waals surface area (Å²) in [4.78, 5) is 10.2. The van der Waals surface area contributed by atoms with Crippen LogP contribution < -0.4 is 23.2 Å². The molecule has 4 fully saturated rings. The van der Waals surface area contributed by atoms with Crippen LogP contribution in [-0.4, -0.2) is 68.1 Å². The van der Waals surface area contributed by atoms with E-state index in [9.17, 15) is 0 Å². The first-order chi connectivity index (χ1) is 36.3. The fourth-order valence-corrected chi connectivity index (χ4v) is 13.6. The van der Waals surface area contributed by atoms with Crippen molar-refractivity contribution in [1.29, 1.82) is 0 Å². The van der Waals surface area contributed by atoms with Crippen molar-refractivity contribution in [1.82, 2.24) is 14.7 Å². The molecule has 0 saturated carbocycles. The maximum atomic E-state index is 2.74. The Morgan fingerprint density at radius 3 is 1.05 bits per heavy atom. The highest BCUT2D eigenvalue weighted by Crippen LogP contribution is 2.32. The first kappa shape index (κ1) is 54.3. The number of unbranched alkanes of at least 4 members (excludes halogenated alkanes) is 8. The van der Waals surface area contributed by atoms with Gasteiger partial charge in [0.1, 0.15) is 31.9 Å². The molecule has 8 heteroatoms. The zero-order valence-electron chi connectivity index (χ0n) is 46.9. The summed E-state index contributed by atoms with van der Waals surface area (Å²) in [5.41, 5.74) is 12.5. The lowest BCUT2D eigenvalue weighted by atomic mass is 9.88. The van der Waals surface area contributed by atoms with E-state index in [0.29, 0.717) is 24.2 Å². The molecule has 4 atom stereocenters. The Balaban J connectivity index is 0.850. The fraction of sp³-hybridized carbons (Fsp3) is 0.606. The molecule has 0 amide bonds. The second-order valence-electron chi connectivity index (χ2n) is 23.7. The third-order valence-electron chi connectivity index (χ3n) is 18.1. The van der Waals surface area contributed by atoms with Gasteiger partial charge in [0.25, 0.3) is 0 Å². The molecule has 74 heavy (non-hydrogen) atoms. The van der Waals surface area contributed by atoms with Crippen LogP contribution in [0.1, 0.15) is 192 Å². The quantitative estimate of drug-likeness (QED) is 0.0369. The van der Waals surface area contributed by atoms with Crippen LogP contribution in [0, 0.1) is 0 Å². The highest BCUT2D eigenvalue weighted by molar-refractivity contribution is 5.44. The lowest BCUT2D eigenvalue weighted by Gasteiger charge is -2.22. The van der Waals surface area contributed by atoms with Crippen LogP contribution in [0.15, 0.2) is 110 Å². The van der Waals surface area contributed by atoms with E-state index in [-0.39, 0.29) is 0 Å². The predicted molar refractivity (Wildman–Crippen MR) is 303 cm³/mol. The molecule has 0 N–H and O–H groups in total. The molecule has 0 spiro atoms. The molecular weight excluding hydrogens is 905 g/mol. The minimum Gasteiger partial charge on any atom is -0.364 e. The fourth-order valence-electron chi connectivity index (χ4n) is 13.6. The average Bonchev–Trinajstić information content (AvgIpc) is 4.26. The number of nitrogens with zero attached hydrogens (tertiary/aromatic N) is 8. The lowest BCUT2D eigenvalue weighted by Crippen LogP contribution is -2.35. The zero-order chi connectivity index (χ0) is 50.9. The van der Waals surface area contributed by atoms with Crippen molar-refractivity contribution in [2.75, 3.05) is 52.2 Å². The number of pyridine rings is 4. The molecule has 5 aromatic rings. The van der Waals surface area contributed by atoms with Gasteiger partial charge >= 0.3 is 0 Å². The molecule has 4 aliphatic rings. The van der Waals surface area contributed by atoms with Crippen molar-refractivity contribution in [3.05, 3.63) is 149 Å². The molecule has 0 bridgehead atoms. The van der Waals surface area contributed by atoms with Gasteiger partial charge in [-0.2, -0.15) is 0 Å². The average molecular weight is 1000 g/mol. The van der Waals surface area contributed by atoms with Crippen LogP contribution in [0.5, 0.6) is 0 Å². The summed E-state index contributed by atoms with van der Waals surface area (Å²) in [6.07, 6.45) is 49.2. The van der Waals surface area contributed by atoms with Crippen molar-refractivity contribution < 1.29 is 18.3 Å². The minimum absolute atomic E-state index is 0.581. The van der Waals surface area contributed by atoms with E-state index in [0.717, 1.165) is 26.2 Å². The Hall–Kier alpha value is -4.50. The second-order valence-corrected chi connectivity index (χ2v) is 23.7. The predicted octanol–water partition coefficient (Wildman–Crippen LogP) is 11.8. The second kappa shape index (κ2) is 28.0. The molecule has 398 valence electrons. The summed E-state index contributed by atoms with van der Waals surface area (Å²) in [5, 5.41) is 0. The lowest BCUT2D eigenvalue weighted by molar-refractivity contribution is -0.698. The maximum absolute atomic E-state index is 2.74. The van der Waals surface area contributed by atoms with Gasteiger partial charge < -0.3 is 4.90 Å². The number of likely N-dealkylation sites (tertiary alicyclic amines) is 3. The van der Waals surface area contributed by atoms with Gasteiger partial charge in [-0.1, -0.05) is 12.1 Å². The van der Waals surface area contributed by atoms with Gasteiger partial charge in [-0.3, -0.25) is 14.7 Å². The van der Waals surface area contributed by atoms with Gasteiger partial charge in [-0.05, 0) is 223 Å². The third-order valence-corrected chi connectivity index (χ3v) is 18.1. The Kier molecular flexibility index (Phi) is 20.6. The van der Waals surface area contributed by atoms with Crippen LogP contribution in [-0.2, 0) is 51.9 Å². The SMILES string of the molecule is CC1CCCN1c1ccc[n+](CCCCCc2cc(CCCCC[n+]3cccc(C4CCCN4C)c3)c(CCCCC[n+]3cccc(C4CCCN4C)c3)cc2CCCCC[n+]2cccc(C3CCCN3C)c2)c1. The van der Waals surface area contributed by atoms with E-state index < -0.39 is 0 Å². The van der Waals surface area contributed by atoms with E-state index in [4.69, 9.17) is 0 Å². The van der Waals surface area contributed by atoms with E-state index in [2.05, 4.69) is 176 Å². The Bertz CT molecular complexity index is 2150. The Morgan fingerprint density at radius 2 is 0.730 bits per heavy atom. The van der Waals surface area contributed by atoms with Crippen molar-refractivity contribution in [2.45, 2.75) is 211 Å². The van der Waals surface area contributed by atoms with Crippen molar-refractivity contribution in [3.8, 4) is 0 Å². The van der Waals surface area contributed by atoms with Crippen LogP contribution in [0.3, 0.4) is 0 Å². The van der Waals surface area contributed by atoms with Gasteiger partial charge in [0.05, 0.1) is 0 Å². The molecule has 4 aromatic heterocycles. The number of hydrogen-bond donors (Lipinski definition) is 0. The number of aryl methyl sites for hydroxylation is 8. The van der Waals surface area contributed by atoms with Gasteiger partial charge in [0, 0.05) is 97.4 Å². The summed E-state index contributed by atoms with van der Waals surface area (Å²) in [5.74, 6) is 0. The number of aromatic nitrogens is 4. The number of anilines is 1. The number of benzene rings is 1. The van der Waals surface area contributed by atoms with Crippen molar-refractivity contribution in [2.24, 2.45) is 0 Å². The highest BCUT2D eigenvalue weighted by Gasteiger charge is 2.27. The highest BCUT2D eigenvalue weighted by atomic mass is 15.2. The van der Waals surface area contributed by atoms with Gasteiger partial charge in [-0.25, -0.2) is 18.3 Å². The molecule has 9 rings (SSSR count). The monoisotopic (exact) mass is 1000 g/mol. The summed E-state index contributed by atoms with van der Waals surface area (Å²) >= 11 is 0. The van der Waals surface area contributed by atoms with Gasteiger partial charge in [0.15, 0.2) is 49.6 Å². The number of hydrogen-bond acceptors (Lipinski definition) is 4. The molecule has 0 radical (unpaired) electrons. The van der Waals surface area contributed by atoms with Crippen LogP contribution in [0.25, 0.3) is 0 Å². The van der Waals surface area contributed by atoms with Crippen LogP contribution in [0.4, 0.5) is 5.69 Å². The van der Waals surface area contributed by atoms with Gasteiger partial charge in [-0.15, -0.1) is 0 Å².